The number of carbonyl (C=O) groups excluding carboxylic acids is 1. The van der Waals surface area contributed by atoms with Crippen LogP contribution >= 0.6 is 23.2 Å². The number of aromatic hydroxyl groups is 1. The van der Waals surface area contributed by atoms with Crippen molar-refractivity contribution in [3.05, 3.63) is 90.6 Å². The maximum absolute atomic E-state index is 13.0. The predicted octanol–water partition coefficient (Wildman–Crippen LogP) is 3.34. The summed E-state index contributed by atoms with van der Waals surface area (Å²) in [5.74, 6) is -1.18. The molecule has 0 saturated heterocycles. The molecule has 0 radical (unpaired) electrons. The van der Waals surface area contributed by atoms with Gasteiger partial charge < -0.3 is 5.11 Å². The number of amides is 1. The summed E-state index contributed by atoms with van der Waals surface area (Å²) in [4.78, 5) is 39.9. The van der Waals surface area contributed by atoms with Crippen molar-refractivity contribution in [1.82, 2.24) is 9.55 Å². The number of aromatic amines is 1. The van der Waals surface area contributed by atoms with Crippen molar-refractivity contribution in [3.63, 3.8) is 0 Å². The highest BCUT2D eigenvalue weighted by Crippen LogP contribution is 2.33. The van der Waals surface area contributed by atoms with Crippen LogP contribution in [0.3, 0.4) is 0 Å². The minimum Gasteiger partial charge on any atom is -0.494 e. The number of H-pyrrole nitrogens is 1. The van der Waals surface area contributed by atoms with E-state index in [1.54, 1.807) is 43.3 Å². The zero-order valence-corrected chi connectivity index (χ0v) is 17.5. The monoisotopic (exact) mass is 456 g/mol. The molecule has 0 fully saturated rings. The first-order chi connectivity index (χ1) is 14.8. The van der Waals surface area contributed by atoms with Crippen LogP contribution in [-0.4, -0.2) is 26.3 Å². The SMILES string of the molecule is CC1=NN(c2cc(Cl)ccc2Cl)C(=O)/C1=C/c1c(O)n(-c2ccccc2)c(=O)[nH]c1=O. The molecule has 2 aromatic carbocycles. The van der Waals surface area contributed by atoms with E-state index < -0.39 is 23.0 Å². The Morgan fingerprint density at radius 3 is 2.48 bits per heavy atom. The molecule has 0 unspecified atom stereocenters. The van der Waals surface area contributed by atoms with Crippen molar-refractivity contribution in [3.8, 4) is 11.6 Å². The highest BCUT2D eigenvalue weighted by atomic mass is 35.5. The van der Waals surface area contributed by atoms with Gasteiger partial charge in [-0.3, -0.25) is 14.6 Å². The van der Waals surface area contributed by atoms with E-state index in [0.717, 1.165) is 9.58 Å². The van der Waals surface area contributed by atoms with Gasteiger partial charge in [-0.25, -0.2) is 9.36 Å². The van der Waals surface area contributed by atoms with Gasteiger partial charge in [-0.15, -0.1) is 0 Å². The van der Waals surface area contributed by atoms with Crippen molar-refractivity contribution in [1.29, 1.82) is 0 Å². The maximum Gasteiger partial charge on any atom is 0.335 e. The molecule has 1 aromatic heterocycles. The molecule has 10 heteroatoms. The van der Waals surface area contributed by atoms with Gasteiger partial charge in [0.05, 0.1) is 27.7 Å². The lowest BCUT2D eigenvalue weighted by atomic mass is 10.1. The first-order valence-corrected chi connectivity index (χ1v) is 9.74. The molecule has 1 aliphatic heterocycles. The number of hydrogen-bond donors (Lipinski definition) is 2. The van der Waals surface area contributed by atoms with Crippen molar-refractivity contribution in [2.24, 2.45) is 5.10 Å². The Morgan fingerprint density at radius 1 is 1.06 bits per heavy atom. The topological polar surface area (TPSA) is 108 Å². The summed E-state index contributed by atoms with van der Waals surface area (Å²) in [6.07, 6.45) is 1.19. The third kappa shape index (κ3) is 3.67. The molecule has 1 aliphatic rings. The van der Waals surface area contributed by atoms with Crippen molar-refractivity contribution in [2.75, 3.05) is 5.01 Å². The largest absolute Gasteiger partial charge is 0.494 e. The van der Waals surface area contributed by atoms with Crippen LogP contribution in [0.25, 0.3) is 11.8 Å². The summed E-state index contributed by atoms with van der Waals surface area (Å²) in [5.41, 5.74) is -0.966. The molecule has 4 rings (SSSR count). The quantitative estimate of drug-likeness (QED) is 0.589. The number of nitrogens with zero attached hydrogens (tertiary/aromatic N) is 3. The third-order valence-corrected chi connectivity index (χ3v) is 5.18. The second kappa shape index (κ2) is 7.90. The lowest BCUT2D eigenvalue weighted by Crippen LogP contribution is -2.30. The summed E-state index contributed by atoms with van der Waals surface area (Å²) < 4.78 is 0.936. The van der Waals surface area contributed by atoms with E-state index in [-0.39, 0.29) is 27.6 Å². The van der Waals surface area contributed by atoms with E-state index in [4.69, 9.17) is 23.2 Å². The number of nitrogens with one attached hydrogen (secondary N) is 1. The maximum atomic E-state index is 13.0. The van der Waals surface area contributed by atoms with Crippen LogP contribution in [0.2, 0.25) is 10.0 Å². The Labute approximate surface area is 185 Å². The number of rotatable bonds is 3. The summed E-state index contributed by atoms with van der Waals surface area (Å²) in [6.45, 7) is 1.57. The zero-order chi connectivity index (χ0) is 22.3. The fraction of sp³-hybridized carbons (Fsp3) is 0.0476. The van der Waals surface area contributed by atoms with E-state index in [1.807, 2.05) is 0 Å². The molecule has 8 nitrogen and oxygen atoms in total. The van der Waals surface area contributed by atoms with Gasteiger partial charge in [0.25, 0.3) is 11.5 Å². The van der Waals surface area contributed by atoms with E-state index in [0.29, 0.717) is 10.7 Å². The van der Waals surface area contributed by atoms with E-state index in [2.05, 4.69) is 10.1 Å². The lowest BCUT2D eigenvalue weighted by molar-refractivity contribution is -0.114. The first kappa shape index (κ1) is 20.6. The standard InChI is InChI=1S/C21H14Cl2N4O4/c1-11-14(20(30)27(25-11)17-9-12(22)7-8-16(17)23)10-15-18(28)24-21(31)26(19(15)29)13-5-3-2-4-6-13/h2-10,29H,1H3,(H,24,28,31)/b14-10+. The number of hydrogen-bond acceptors (Lipinski definition) is 5. The molecule has 156 valence electrons. The molecule has 2 N–H and O–H groups in total. The Hall–Kier alpha value is -3.62. The molecular formula is C21H14Cl2N4O4. The van der Waals surface area contributed by atoms with Crippen LogP contribution in [0.1, 0.15) is 12.5 Å². The van der Waals surface area contributed by atoms with Gasteiger partial charge in [0.2, 0.25) is 5.88 Å². The molecule has 0 atom stereocenters. The predicted molar refractivity (Wildman–Crippen MR) is 119 cm³/mol. The van der Waals surface area contributed by atoms with Gasteiger partial charge in [-0.1, -0.05) is 41.4 Å². The summed E-state index contributed by atoms with van der Waals surface area (Å²) in [6, 6.07) is 12.9. The smallest absolute Gasteiger partial charge is 0.335 e. The van der Waals surface area contributed by atoms with Crippen LogP contribution in [0, 0.1) is 0 Å². The number of hydrazone groups is 1. The normalized spacial score (nSPS) is 14.9. The molecular weight excluding hydrogens is 443 g/mol. The molecule has 1 amide bonds. The summed E-state index contributed by atoms with van der Waals surface area (Å²) in [5, 5.41) is 16.6. The van der Waals surface area contributed by atoms with Crippen LogP contribution in [0.4, 0.5) is 5.69 Å². The Morgan fingerprint density at radius 2 is 1.77 bits per heavy atom. The third-order valence-electron chi connectivity index (χ3n) is 4.62. The summed E-state index contributed by atoms with van der Waals surface area (Å²) in [7, 11) is 0. The average molecular weight is 457 g/mol. The molecule has 2 heterocycles. The Balaban J connectivity index is 1.84. The van der Waals surface area contributed by atoms with Crippen LogP contribution in [0.15, 0.2) is 68.8 Å². The number of halogens is 2. The molecule has 3 aromatic rings. The van der Waals surface area contributed by atoms with Crippen LogP contribution in [-0.2, 0) is 4.79 Å². The van der Waals surface area contributed by atoms with Crippen molar-refractivity contribution >= 4 is 46.6 Å². The summed E-state index contributed by atoms with van der Waals surface area (Å²) >= 11 is 12.2. The van der Waals surface area contributed by atoms with E-state index in [9.17, 15) is 19.5 Å². The second-order valence-electron chi connectivity index (χ2n) is 6.62. The fourth-order valence-corrected chi connectivity index (χ4v) is 3.49. The highest BCUT2D eigenvalue weighted by Gasteiger charge is 2.31. The number of para-hydroxylation sites is 1. The molecule has 0 spiro atoms. The number of carbonyl (C=O) groups is 1. The fourth-order valence-electron chi connectivity index (χ4n) is 3.13. The minimum absolute atomic E-state index is 0.0510. The molecule has 0 bridgehead atoms. The number of benzene rings is 2. The number of aromatic nitrogens is 2. The van der Waals surface area contributed by atoms with Gasteiger partial charge in [-0.05, 0) is 43.3 Å². The van der Waals surface area contributed by atoms with Crippen LogP contribution < -0.4 is 16.3 Å². The lowest BCUT2D eigenvalue weighted by Gasteiger charge is -2.14. The van der Waals surface area contributed by atoms with Gasteiger partial charge in [-0.2, -0.15) is 10.1 Å². The number of anilines is 1. The van der Waals surface area contributed by atoms with Crippen molar-refractivity contribution in [2.45, 2.75) is 6.92 Å². The second-order valence-corrected chi connectivity index (χ2v) is 7.47. The van der Waals surface area contributed by atoms with Gasteiger partial charge in [0, 0.05) is 5.02 Å². The highest BCUT2D eigenvalue weighted by molar-refractivity contribution is 6.38. The molecule has 31 heavy (non-hydrogen) atoms. The average Bonchev–Trinajstić information content (AvgIpc) is 3.01. The van der Waals surface area contributed by atoms with Gasteiger partial charge in [0.15, 0.2) is 0 Å². The molecule has 0 aliphatic carbocycles. The Kier molecular flexibility index (Phi) is 5.26. The van der Waals surface area contributed by atoms with Gasteiger partial charge >= 0.3 is 5.69 Å². The van der Waals surface area contributed by atoms with Crippen LogP contribution in [0.5, 0.6) is 5.88 Å². The van der Waals surface area contributed by atoms with E-state index in [1.165, 1.54) is 18.2 Å². The van der Waals surface area contributed by atoms with E-state index >= 15 is 0 Å². The Bertz CT molecular complexity index is 1390. The zero-order valence-electron chi connectivity index (χ0n) is 16.0. The minimum atomic E-state index is -0.845. The molecule has 0 saturated carbocycles. The van der Waals surface area contributed by atoms with Crippen molar-refractivity contribution < 1.29 is 9.90 Å². The first-order valence-electron chi connectivity index (χ1n) is 8.98. The van der Waals surface area contributed by atoms with Gasteiger partial charge in [0.1, 0.15) is 5.56 Å².